The van der Waals surface area contributed by atoms with Gasteiger partial charge in [0, 0.05) is 19.2 Å². The Morgan fingerprint density at radius 3 is 3.05 bits per heavy atom. The van der Waals surface area contributed by atoms with Crippen molar-refractivity contribution in [1.29, 1.82) is 0 Å². The lowest BCUT2D eigenvalue weighted by molar-refractivity contribution is 0.0780. The van der Waals surface area contributed by atoms with Crippen molar-refractivity contribution in [2.45, 2.75) is 51.7 Å². The van der Waals surface area contributed by atoms with Crippen LogP contribution < -0.4 is 0 Å². The molecule has 2 aliphatic rings. The second-order valence-electron chi connectivity index (χ2n) is 6.03. The fraction of sp³-hybridized carbons (Fsp3) is 0.800. The number of likely N-dealkylation sites (tertiary alicyclic amines) is 1. The minimum Gasteiger partial charge on any atom is -0.373 e. The zero-order valence-electron chi connectivity index (χ0n) is 11.9. The molecule has 3 heterocycles. The van der Waals surface area contributed by atoms with Gasteiger partial charge < -0.3 is 14.6 Å². The highest BCUT2D eigenvalue weighted by Crippen LogP contribution is 2.25. The Morgan fingerprint density at radius 2 is 2.26 bits per heavy atom. The predicted octanol–water partition coefficient (Wildman–Crippen LogP) is 1.98. The van der Waals surface area contributed by atoms with Gasteiger partial charge in [-0.15, -0.1) is 0 Å². The lowest BCUT2D eigenvalue weighted by Gasteiger charge is -2.31. The number of aliphatic hydroxyl groups excluding tert-OH is 1. The Balaban J connectivity index is 1.66. The van der Waals surface area contributed by atoms with Gasteiger partial charge in [0.25, 0.3) is 0 Å². The number of imidazole rings is 1. The van der Waals surface area contributed by atoms with Crippen molar-refractivity contribution in [2.75, 3.05) is 19.6 Å². The molecule has 106 valence electrons. The van der Waals surface area contributed by atoms with E-state index in [-0.39, 0.29) is 6.23 Å². The van der Waals surface area contributed by atoms with Crippen LogP contribution in [0, 0.1) is 5.92 Å². The molecule has 1 aromatic heterocycles. The third-order valence-corrected chi connectivity index (χ3v) is 4.59. The molecule has 0 aromatic carbocycles. The molecule has 0 bridgehead atoms. The second-order valence-corrected chi connectivity index (χ2v) is 6.03. The Bertz CT molecular complexity index is 429. The van der Waals surface area contributed by atoms with E-state index in [2.05, 4.69) is 18.0 Å². The average Bonchev–Trinajstić information content (AvgIpc) is 2.83. The molecule has 1 fully saturated rings. The summed E-state index contributed by atoms with van der Waals surface area (Å²) >= 11 is 0. The molecule has 1 aromatic rings. The van der Waals surface area contributed by atoms with E-state index >= 15 is 0 Å². The van der Waals surface area contributed by atoms with Crippen molar-refractivity contribution in [3.05, 3.63) is 17.7 Å². The van der Waals surface area contributed by atoms with Crippen molar-refractivity contribution in [3.63, 3.8) is 0 Å². The highest BCUT2D eigenvalue weighted by molar-refractivity contribution is 5.08. The summed E-state index contributed by atoms with van der Waals surface area (Å²) in [5.41, 5.74) is 1.18. The number of aryl methyl sites for hydroxylation is 1. The standard InChI is InChI=1S/C15H25N3O/c1-2-17-8-4-5-12(10-17)9-13-11-18-14(16-13)6-3-7-15(18)19/h11-12,15,19H,2-10H2,1H3. The van der Waals surface area contributed by atoms with Gasteiger partial charge in [0.05, 0.1) is 5.69 Å². The van der Waals surface area contributed by atoms with Gasteiger partial charge in [-0.2, -0.15) is 0 Å². The molecule has 4 heteroatoms. The molecule has 0 amide bonds. The Hall–Kier alpha value is -0.870. The lowest BCUT2D eigenvalue weighted by Crippen LogP contribution is -2.35. The van der Waals surface area contributed by atoms with Gasteiger partial charge in [0.2, 0.25) is 0 Å². The van der Waals surface area contributed by atoms with Gasteiger partial charge in [-0.05, 0) is 51.1 Å². The molecule has 0 radical (unpaired) electrons. The molecule has 1 N–H and O–H groups in total. The summed E-state index contributed by atoms with van der Waals surface area (Å²) in [6.07, 6.45) is 8.40. The average molecular weight is 263 g/mol. The summed E-state index contributed by atoms with van der Waals surface area (Å²) in [5.74, 6) is 1.82. The largest absolute Gasteiger partial charge is 0.373 e. The van der Waals surface area contributed by atoms with E-state index in [1.165, 1.54) is 31.6 Å². The monoisotopic (exact) mass is 263 g/mol. The van der Waals surface area contributed by atoms with Gasteiger partial charge in [-0.3, -0.25) is 0 Å². The number of fused-ring (bicyclic) bond motifs is 1. The van der Waals surface area contributed by atoms with Crippen LogP contribution in [-0.2, 0) is 12.8 Å². The second kappa shape index (κ2) is 5.63. The van der Waals surface area contributed by atoms with Gasteiger partial charge in [0.1, 0.15) is 12.1 Å². The first-order valence-corrected chi connectivity index (χ1v) is 7.73. The van der Waals surface area contributed by atoms with E-state index in [9.17, 15) is 5.11 Å². The van der Waals surface area contributed by atoms with E-state index < -0.39 is 0 Å². The van der Waals surface area contributed by atoms with E-state index in [1.54, 1.807) is 0 Å². The minimum absolute atomic E-state index is 0.344. The minimum atomic E-state index is -0.344. The number of aliphatic hydroxyl groups is 1. The molecular weight excluding hydrogens is 238 g/mol. The van der Waals surface area contributed by atoms with E-state index in [4.69, 9.17) is 4.98 Å². The number of piperidine rings is 1. The number of rotatable bonds is 3. The van der Waals surface area contributed by atoms with Crippen LogP contribution in [0.3, 0.4) is 0 Å². The van der Waals surface area contributed by atoms with Crippen molar-refractivity contribution >= 4 is 0 Å². The molecule has 0 aliphatic carbocycles. The third kappa shape index (κ3) is 2.84. The summed E-state index contributed by atoms with van der Waals surface area (Å²) in [5, 5.41) is 9.98. The maximum Gasteiger partial charge on any atom is 0.131 e. The van der Waals surface area contributed by atoms with Crippen LogP contribution >= 0.6 is 0 Å². The summed E-state index contributed by atoms with van der Waals surface area (Å²) in [7, 11) is 0. The molecule has 1 saturated heterocycles. The van der Waals surface area contributed by atoms with Crippen LogP contribution in [0.4, 0.5) is 0 Å². The summed E-state index contributed by atoms with van der Waals surface area (Å²) < 4.78 is 1.99. The first-order valence-electron chi connectivity index (χ1n) is 7.73. The van der Waals surface area contributed by atoms with E-state index in [0.29, 0.717) is 0 Å². The third-order valence-electron chi connectivity index (χ3n) is 4.59. The first kappa shape index (κ1) is 13.1. The molecule has 4 nitrogen and oxygen atoms in total. The molecular formula is C15H25N3O. The number of hydrogen-bond donors (Lipinski definition) is 1. The maximum absolute atomic E-state index is 9.98. The van der Waals surface area contributed by atoms with Gasteiger partial charge in [-0.25, -0.2) is 4.98 Å². The van der Waals surface area contributed by atoms with Crippen LogP contribution in [0.2, 0.25) is 0 Å². The van der Waals surface area contributed by atoms with Crippen LogP contribution in [0.25, 0.3) is 0 Å². The summed E-state index contributed by atoms with van der Waals surface area (Å²) in [4.78, 5) is 7.27. The molecule has 0 saturated carbocycles. The maximum atomic E-state index is 9.98. The topological polar surface area (TPSA) is 41.3 Å². The van der Waals surface area contributed by atoms with E-state index in [0.717, 1.165) is 44.0 Å². The number of hydrogen-bond acceptors (Lipinski definition) is 3. The molecule has 19 heavy (non-hydrogen) atoms. The molecule has 0 spiro atoms. The molecule has 2 atom stereocenters. The smallest absolute Gasteiger partial charge is 0.131 e. The Labute approximate surface area is 115 Å². The van der Waals surface area contributed by atoms with Crippen LogP contribution in [0.15, 0.2) is 6.20 Å². The Kier molecular flexibility index (Phi) is 3.89. The van der Waals surface area contributed by atoms with Crippen molar-refractivity contribution in [1.82, 2.24) is 14.5 Å². The van der Waals surface area contributed by atoms with Gasteiger partial charge >= 0.3 is 0 Å². The van der Waals surface area contributed by atoms with Crippen LogP contribution in [-0.4, -0.2) is 39.2 Å². The SMILES string of the molecule is CCN1CCCC(Cc2cn3c(n2)CCCC3O)C1. The van der Waals surface area contributed by atoms with Crippen molar-refractivity contribution in [2.24, 2.45) is 5.92 Å². The van der Waals surface area contributed by atoms with Crippen molar-refractivity contribution < 1.29 is 5.11 Å². The summed E-state index contributed by atoms with van der Waals surface area (Å²) in [6, 6.07) is 0. The first-order chi connectivity index (χ1) is 9.26. The molecule has 3 rings (SSSR count). The highest BCUT2D eigenvalue weighted by atomic mass is 16.3. The van der Waals surface area contributed by atoms with E-state index in [1.807, 2.05) is 4.57 Å². The molecule has 2 unspecified atom stereocenters. The van der Waals surface area contributed by atoms with Gasteiger partial charge in [0.15, 0.2) is 0 Å². The fourth-order valence-corrected chi connectivity index (χ4v) is 3.51. The van der Waals surface area contributed by atoms with Crippen LogP contribution in [0.1, 0.15) is 50.4 Å². The van der Waals surface area contributed by atoms with Crippen molar-refractivity contribution in [3.8, 4) is 0 Å². The fourth-order valence-electron chi connectivity index (χ4n) is 3.51. The zero-order chi connectivity index (χ0) is 13.2. The normalized spacial score (nSPS) is 28.3. The zero-order valence-corrected chi connectivity index (χ0v) is 11.9. The lowest BCUT2D eigenvalue weighted by atomic mass is 9.94. The predicted molar refractivity (Wildman–Crippen MR) is 75.0 cm³/mol. The van der Waals surface area contributed by atoms with Gasteiger partial charge in [-0.1, -0.05) is 6.92 Å². The quantitative estimate of drug-likeness (QED) is 0.906. The number of aromatic nitrogens is 2. The molecule has 2 aliphatic heterocycles. The highest BCUT2D eigenvalue weighted by Gasteiger charge is 2.23. The number of nitrogens with zero attached hydrogens (tertiary/aromatic N) is 3. The van der Waals surface area contributed by atoms with Crippen LogP contribution in [0.5, 0.6) is 0 Å². The Morgan fingerprint density at radius 1 is 1.37 bits per heavy atom. The summed E-state index contributed by atoms with van der Waals surface area (Å²) in [6.45, 7) is 5.87.